The minimum atomic E-state index is -0.142. The lowest BCUT2D eigenvalue weighted by atomic mass is 10.2. The first-order valence-electron chi connectivity index (χ1n) is 9.29. The molecule has 0 saturated heterocycles. The molecule has 0 fully saturated rings. The number of benzene rings is 2. The summed E-state index contributed by atoms with van der Waals surface area (Å²) >= 11 is 7.50. The molecule has 6 nitrogen and oxygen atoms in total. The van der Waals surface area contributed by atoms with Crippen molar-refractivity contribution in [1.29, 1.82) is 0 Å². The summed E-state index contributed by atoms with van der Waals surface area (Å²) in [4.78, 5) is 22.4. The SMILES string of the molecule is CCCc1noc(CSc2nc3cc(Cl)ccc3c(=O)n2-c2cccc(C)c2)n1. The van der Waals surface area contributed by atoms with Crippen LogP contribution < -0.4 is 5.56 Å². The van der Waals surface area contributed by atoms with Gasteiger partial charge in [0.2, 0.25) is 5.89 Å². The standard InChI is InChI=1S/C21H19ClN4O2S/c1-3-5-18-24-19(28-25-18)12-29-21-23-17-11-14(22)8-9-16(17)20(27)26(21)15-7-4-6-13(2)10-15/h4,6-11H,3,5,12H2,1-2H3. The zero-order chi connectivity index (χ0) is 20.4. The first-order valence-corrected chi connectivity index (χ1v) is 10.6. The second kappa shape index (κ2) is 8.39. The fourth-order valence-electron chi connectivity index (χ4n) is 3.03. The van der Waals surface area contributed by atoms with Crippen LogP contribution in [0.15, 0.2) is 56.9 Å². The Morgan fingerprint density at radius 3 is 2.83 bits per heavy atom. The van der Waals surface area contributed by atoms with Gasteiger partial charge in [-0.25, -0.2) is 4.98 Å². The topological polar surface area (TPSA) is 73.8 Å². The molecular weight excluding hydrogens is 408 g/mol. The Labute approximate surface area is 176 Å². The molecule has 4 aromatic rings. The molecule has 0 bridgehead atoms. The van der Waals surface area contributed by atoms with Crippen LogP contribution in [0.25, 0.3) is 16.6 Å². The summed E-state index contributed by atoms with van der Waals surface area (Å²) in [5.41, 5.74) is 2.24. The molecule has 0 amide bonds. The molecule has 4 rings (SSSR count). The fourth-order valence-corrected chi connectivity index (χ4v) is 4.05. The summed E-state index contributed by atoms with van der Waals surface area (Å²) < 4.78 is 6.94. The predicted molar refractivity (Wildman–Crippen MR) is 115 cm³/mol. The zero-order valence-corrected chi connectivity index (χ0v) is 17.6. The highest BCUT2D eigenvalue weighted by molar-refractivity contribution is 7.98. The van der Waals surface area contributed by atoms with E-state index in [-0.39, 0.29) is 5.56 Å². The van der Waals surface area contributed by atoms with Crippen molar-refractivity contribution in [2.75, 3.05) is 0 Å². The number of aryl methyl sites for hydroxylation is 2. The molecule has 29 heavy (non-hydrogen) atoms. The van der Waals surface area contributed by atoms with E-state index in [4.69, 9.17) is 21.1 Å². The van der Waals surface area contributed by atoms with Crippen molar-refractivity contribution in [1.82, 2.24) is 19.7 Å². The van der Waals surface area contributed by atoms with Crippen LogP contribution >= 0.6 is 23.4 Å². The molecule has 0 radical (unpaired) electrons. The highest BCUT2D eigenvalue weighted by atomic mass is 35.5. The molecule has 2 heterocycles. The van der Waals surface area contributed by atoms with Gasteiger partial charge < -0.3 is 4.52 Å². The summed E-state index contributed by atoms with van der Waals surface area (Å²) in [5.74, 6) is 1.62. The molecule has 2 aromatic heterocycles. The first-order chi connectivity index (χ1) is 14.0. The summed E-state index contributed by atoms with van der Waals surface area (Å²) in [7, 11) is 0. The van der Waals surface area contributed by atoms with Gasteiger partial charge in [-0.1, -0.05) is 47.6 Å². The van der Waals surface area contributed by atoms with Crippen molar-refractivity contribution >= 4 is 34.3 Å². The molecule has 0 spiro atoms. The number of aromatic nitrogens is 4. The maximum Gasteiger partial charge on any atom is 0.266 e. The quantitative estimate of drug-likeness (QED) is 0.320. The monoisotopic (exact) mass is 426 g/mol. The normalized spacial score (nSPS) is 11.3. The van der Waals surface area contributed by atoms with Crippen LogP contribution in [0.2, 0.25) is 5.02 Å². The molecule has 0 saturated carbocycles. The molecule has 0 unspecified atom stereocenters. The first kappa shape index (κ1) is 19.7. The zero-order valence-electron chi connectivity index (χ0n) is 16.1. The third-order valence-electron chi connectivity index (χ3n) is 4.37. The number of hydrogen-bond acceptors (Lipinski definition) is 6. The lowest BCUT2D eigenvalue weighted by molar-refractivity contribution is 0.384. The van der Waals surface area contributed by atoms with Crippen molar-refractivity contribution in [2.45, 2.75) is 37.6 Å². The van der Waals surface area contributed by atoms with E-state index in [0.29, 0.717) is 38.5 Å². The number of hydrogen-bond donors (Lipinski definition) is 0. The van der Waals surface area contributed by atoms with Crippen LogP contribution in [0.3, 0.4) is 0 Å². The van der Waals surface area contributed by atoms with Crippen LogP contribution in [-0.4, -0.2) is 19.7 Å². The Bertz CT molecular complexity index is 1240. The maximum absolute atomic E-state index is 13.3. The third kappa shape index (κ3) is 4.21. The third-order valence-corrected chi connectivity index (χ3v) is 5.53. The number of rotatable bonds is 6. The summed E-state index contributed by atoms with van der Waals surface area (Å²) in [5, 5.41) is 5.58. The van der Waals surface area contributed by atoms with Crippen LogP contribution in [0.1, 0.15) is 30.6 Å². The second-order valence-electron chi connectivity index (χ2n) is 6.68. The van der Waals surface area contributed by atoms with Gasteiger partial charge in [-0.2, -0.15) is 4.98 Å². The van der Waals surface area contributed by atoms with Gasteiger partial charge in [0.1, 0.15) is 0 Å². The number of nitrogens with zero attached hydrogens (tertiary/aromatic N) is 4. The molecule has 0 N–H and O–H groups in total. The molecule has 2 aromatic carbocycles. The Kier molecular flexibility index (Phi) is 5.69. The van der Waals surface area contributed by atoms with Crippen molar-refractivity contribution in [3.05, 3.63) is 75.1 Å². The van der Waals surface area contributed by atoms with Gasteiger partial charge in [-0.3, -0.25) is 9.36 Å². The molecule has 148 valence electrons. The molecule has 8 heteroatoms. The number of fused-ring (bicyclic) bond motifs is 1. The summed E-state index contributed by atoms with van der Waals surface area (Å²) in [6.45, 7) is 4.05. The van der Waals surface area contributed by atoms with Crippen LogP contribution in [-0.2, 0) is 12.2 Å². The summed E-state index contributed by atoms with van der Waals surface area (Å²) in [6.07, 6.45) is 1.72. The van der Waals surface area contributed by atoms with E-state index < -0.39 is 0 Å². The van der Waals surface area contributed by atoms with Gasteiger partial charge in [0.15, 0.2) is 11.0 Å². The summed E-state index contributed by atoms with van der Waals surface area (Å²) in [6, 6.07) is 12.9. The van der Waals surface area contributed by atoms with Gasteiger partial charge in [0, 0.05) is 11.4 Å². The van der Waals surface area contributed by atoms with E-state index in [9.17, 15) is 4.79 Å². The molecular formula is C21H19ClN4O2S. The Hall–Kier alpha value is -2.64. The van der Waals surface area contributed by atoms with Gasteiger partial charge in [-0.15, -0.1) is 0 Å². The second-order valence-corrected chi connectivity index (χ2v) is 8.06. The van der Waals surface area contributed by atoms with Crippen molar-refractivity contribution in [2.24, 2.45) is 0 Å². The number of halogens is 1. The van der Waals surface area contributed by atoms with Gasteiger partial charge in [0.25, 0.3) is 5.56 Å². The molecule has 0 aliphatic rings. The highest BCUT2D eigenvalue weighted by Gasteiger charge is 2.16. The van der Waals surface area contributed by atoms with E-state index in [1.165, 1.54) is 11.8 Å². The molecule has 0 aliphatic carbocycles. The largest absolute Gasteiger partial charge is 0.338 e. The maximum atomic E-state index is 13.3. The number of thioether (sulfide) groups is 1. The molecule has 0 aliphatic heterocycles. The average Bonchev–Trinajstić information content (AvgIpc) is 3.14. The van der Waals surface area contributed by atoms with E-state index >= 15 is 0 Å². The lowest BCUT2D eigenvalue weighted by Crippen LogP contribution is -2.21. The fraction of sp³-hybridized carbons (Fsp3) is 0.238. The van der Waals surface area contributed by atoms with E-state index in [0.717, 1.165) is 24.1 Å². The Balaban J connectivity index is 1.79. The van der Waals surface area contributed by atoms with Crippen molar-refractivity contribution < 1.29 is 4.52 Å². The highest BCUT2D eigenvalue weighted by Crippen LogP contribution is 2.25. The molecule has 0 atom stereocenters. The van der Waals surface area contributed by atoms with Crippen molar-refractivity contribution in [3.63, 3.8) is 0 Å². The van der Waals surface area contributed by atoms with E-state index in [1.807, 2.05) is 31.2 Å². The van der Waals surface area contributed by atoms with Crippen LogP contribution in [0.5, 0.6) is 0 Å². The van der Waals surface area contributed by atoms with E-state index in [2.05, 4.69) is 17.1 Å². The Morgan fingerprint density at radius 2 is 2.03 bits per heavy atom. The minimum Gasteiger partial charge on any atom is -0.338 e. The van der Waals surface area contributed by atoms with Gasteiger partial charge in [0.05, 0.1) is 22.3 Å². The Morgan fingerprint density at radius 1 is 1.17 bits per heavy atom. The van der Waals surface area contributed by atoms with Crippen LogP contribution in [0, 0.1) is 6.92 Å². The smallest absolute Gasteiger partial charge is 0.266 e. The van der Waals surface area contributed by atoms with Crippen molar-refractivity contribution in [3.8, 4) is 5.69 Å². The van der Waals surface area contributed by atoms with E-state index in [1.54, 1.807) is 22.8 Å². The minimum absolute atomic E-state index is 0.142. The van der Waals surface area contributed by atoms with Crippen LogP contribution in [0.4, 0.5) is 0 Å². The predicted octanol–water partition coefficient (Wildman–Crippen LogP) is 4.98. The lowest BCUT2D eigenvalue weighted by Gasteiger charge is -2.13. The van der Waals surface area contributed by atoms with Gasteiger partial charge in [-0.05, 0) is 49.2 Å². The van der Waals surface area contributed by atoms with Gasteiger partial charge >= 0.3 is 0 Å². The average molecular weight is 427 g/mol.